The molecule has 78 valence electrons. The molecule has 0 aliphatic carbocycles. The van der Waals surface area contributed by atoms with Crippen molar-refractivity contribution in [2.45, 2.75) is 38.5 Å². The van der Waals surface area contributed by atoms with Crippen LogP contribution in [0.25, 0.3) is 0 Å². The first-order chi connectivity index (χ1) is 6.59. The molecule has 14 heavy (non-hydrogen) atoms. The maximum absolute atomic E-state index is 12.9. The van der Waals surface area contributed by atoms with E-state index in [1.807, 2.05) is 19.9 Å². The summed E-state index contributed by atoms with van der Waals surface area (Å²) in [6, 6.07) is 4.95. The quantitative estimate of drug-likeness (QED) is 0.663. The fourth-order valence-corrected chi connectivity index (χ4v) is 1.64. The standard InChI is InChI=1S/C12H16ClF/c1-9-6-7-12(14)8-11(9)5-3-4-10(2)13/h6-8,10H,3-5H2,1-2H3. The average Bonchev–Trinajstić information content (AvgIpc) is 2.10. The summed E-state index contributed by atoms with van der Waals surface area (Å²) in [7, 11) is 0. The third-order valence-corrected chi connectivity index (χ3v) is 2.58. The minimum absolute atomic E-state index is 0.149. The molecule has 0 amide bonds. The molecule has 1 unspecified atom stereocenters. The first-order valence-corrected chi connectivity index (χ1v) is 5.42. The highest BCUT2D eigenvalue weighted by Crippen LogP contribution is 2.14. The van der Waals surface area contributed by atoms with Crippen molar-refractivity contribution in [1.29, 1.82) is 0 Å². The Bertz CT molecular complexity index is 294. The van der Waals surface area contributed by atoms with Gasteiger partial charge in [-0.2, -0.15) is 0 Å². The molecule has 0 bridgehead atoms. The SMILES string of the molecule is Cc1ccc(F)cc1CCCC(C)Cl. The van der Waals surface area contributed by atoms with E-state index in [0.29, 0.717) is 0 Å². The van der Waals surface area contributed by atoms with Gasteiger partial charge in [0.1, 0.15) is 5.82 Å². The monoisotopic (exact) mass is 214 g/mol. The molecule has 0 saturated carbocycles. The van der Waals surface area contributed by atoms with E-state index in [0.717, 1.165) is 30.4 Å². The van der Waals surface area contributed by atoms with Crippen LogP contribution in [0.2, 0.25) is 0 Å². The third-order valence-electron chi connectivity index (χ3n) is 2.36. The smallest absolute Gasteiger partial charge is 0.123 e. The van der Waals surface area contributed by atoms with Crippen LogP contribution in [0.3, 0.4) is 0 Å². The Morgan fingerprint density at radius 1 is 1.43 bits per heavy atom. The number of hydrogen-bond donors (Lipinski definition) is 0. The van der Waals surface area contributed by atoms with Crippen LogP contribution in [0.1, 0.15) is 30.9 Å². The van der Waals surface area contributed by atoms with E-state index >= 15 is 0 Å². The molecule has 0 aliphatic heterocycles. The Labute approximate surface area is 90.1 Å². The first-order valence-electron chi connectivity index (χ1n) is 4.98. The second-order valence-electron chi connectivity index (χ2n) is 3.74. The fourth-order valence-electron chi connectivity index (χ4n) is 1.48. The molecule has 1 rings (SSSR count). The van der Waals surface area contributed by atoms with Gasteiger partial charge in [-0.05, 0) is 56.4 Å². The highest BCUT2D eigenvalue weighted by molar-refractivity contribution is 6.20. The lowest BCUT2D eigenvalue weighted by Crippen LogP contribution is -1.95. The van der Waals surface area contributed by atoms with Crippen LogP contribution in [0.5, 0.6) is 0 Å². The maximum Gasteiger partial charge on any atom is 0.123 e. The van der Waals surface area contributed by atoms with Gasteiger partial charge in [-0.3, -0.25) is 0 Å². The Kier molecular flexibility index (Phi) is 4.40. The molecule has 0 radical (unpaired) electrons. The Morgan fingerprint density at radius 3 is 2.79 bits per heavy atom. The second kappa shape index (κ2) is 5.35. The van der Waals surface area contributed by atoms with E-state index in [2.05, 4.69) is 0 Å². The molecule has 0 heterocycles. The van der Waals surface area contributed by atoms with Crippen LogP contribution in [-0.2, 0) is 6.42 Å². The highest BCUT2D eigenvalue weighted by atomic mass is 35.5. The van der Waals surface area contributed by atoms with Gasteiger partial charge in [0.2, 0.25) is 0 Å². The van der Waals surface area contributed by atoms with E-state index in [1.54, 1.807) is 6.07 Å². The van der Waals surface area contributed by atoms with Crippen molar-refractivity contribution < 1.29 is 4.39 Å². The molecule has 0 nitrogen and oxygen atoms in total. The zero-order valence-corrected chi connectivity index (χ0v) is 9.44. The van der Waals surface area contributed by atoms with Crippen molar-refractivity contribution in [2.75, 3.05) is 0 Å². The summed E-state index contributed by atoms with van der Waals surface area (Å²) in [6.45, 7) is 4.00. The largest absolute Gasteiger partial charge is 0.207 e. The zero-order chi connectivity index (χ0) is 10.6. The summed E-state index contributed by atoms with van der Waals surface area (Å²) in [6.07, 6.45) is 2.92. The van der Waals surface area contributed by atoms with Crippen molar-refractivity contribution in [3.05, 3.63) is 35.1 Å². The van der Waals surface area contributed by atoms with Gasteiger partial charge in [0.05, 0.1) is 0 Å². The fraction of sp³-hybridized carbons (Fsp3) is 0.500. The number of halogens is 2. The Hall–Kier alpha value is -0.560. The van der Waals surface area contributed by atoms with Gasteiger partial charge in [-0.1, -0.05) is 6.07 Å². The lowest BCUT2D eigenvalue weighted by Gasteiger charge is -2.06. The van der Waals surface area contributed by atoms with Gasteiger partial charge in [0.25, 0.3) is 0 Å². The lowest BCUT2D eigenvalue weighted by atomic mass is 10.0. The van der Waals surface area contributed by atoms with E-state index in [1.165, 1.54) is 6.07 Å². The first kappa shape index (κ1) is 11.5. The van der Waals surface area contributed by atoms with E-state index in [4.69, 9.17) is 11.6 Å². The molecule has 0 fully saturated rings. The zero-order valence-electron chi connectivity index (χ0n) is 8.69. The predicted molar refractivity (Wildman–Crippen MR) is 59.4 cm³/mol. The number of rotatable bonds is 4. The minimum atomic E-state index is -0.149. The molecular formula is C12H16ClF. The van der Waals surface area contributed by atoms with Gasteiger partial charge >= 0.3 is 0 Å². The van der Waals surface area contributed by atoms with Gasteiger partial charge in [-0.25, -0.2) is 4.39 Å². The predicted octanol–water partition coefficient (Wildman–Crippen LogP) is 4.08. The average molecular weight is 215 g/mol. The van der Waals surface area contributed by atoms with Crippen molar-refractivity contribution in [1.82, 2.24) is 0 Å². The van der Waals surface area contributed by atoms with Crippen LogP contribution < -0.4 is 0 Å². The van der Waals surface area contributed by atoms with Crippen LogP contribution in [0, 0.1) is 12.7 Å². The maximum atomic E-state index is 12.9. The van der Waals surface area contributed by atoms with Crippen molar-refractivity contribution >= 4 is 11.6 Å². The number of hydrogen-bond acceptors (Lipinski definition) is 0. The van der Waals surface area contributed by atoms with Crippen molar-refractivity contribution in [3.63, 3.8) is 0 Å². The molecule has 0 N–H and O–H groups in total. The molecule has 1 aromatic rings. The van der Waals surface area contributed by atoms with Gasteiger partial charge in [0, 0.05) is 5.38 Å². The van der Waals surface area contributed by atoms with Crippen molar-refractivity contribution in [3.8, 4) is 0 Å². The molecule has 0 aliphatic rings. The van der Waals surface area contributed by atoms with E-state index in [9.17, 15) is 4.39 Å². The lowest BCUT2D eigenvalue weighted by molar-refractivity contribution is 0.622. The summed E-state index contributed by atoms with van der Waals surface area (Å²) >= 11 is 5.84. The molecule has 0 aromatic heterocycles. The van der Waals surface area contributed by atoms with E-state index < -0.39 is 0 Å². The van der Waals surface area contributed by atoms with Gasteiger partial charge in [-0.15, -0.1) is 11.6 Å². The van der Waals surface area contributed by atoms with Crippen LogP contribution in [0.15, 0.2) is 18.2 Å². The van der Waals surface area contributed by atoms with Crippen LogP contribution in [-0.4, -0.2) is 5.38 Å². The summed E-state index contributed by atoms with van der Waals surface area (Å²) in [4.78, 5) is 0. The topological polar surface area (TPSA) is 0 Å². The van der Waals surface area contributed by atoms with E-state index in [-0.39, 0.29) is 11.2 Å². The second-order valence-corrected chi connectivity index (χ2v) is 4.49. The number of alkyl halides is 1. The summed E-state index contributed by atoms with van der Waals surface area (Å²) in [5, 5.41) is 0.212. The molecule has 1 atom stereocenters. The van der Waals surface area contributed by atoms with Gasteiger partial charge in [0.15, 0.2) is 0 Å². The normalized spacial score (nSPS) is 12.9. The van der Waals surface area contributed by atoms with Crippen molar-refractivity contribution in [2.24, 2.45) is 0 Å². The molecule has 2 heteroatoms. The molecule has 1 aromatic carbocycles. The van der Waals surface area contributed by atoms with Gasteiger partial charge < -0.3 is 0 Å². The minimum Gasteiger partial charge on any atom is -0.207 e. The molecular weight excluding hydrogens is 199 g/mol. The van der Waals surface area contributed by atoms with Crippen LogP contribution >= 0.6 is 11.6 Å². The summed E-state index contributed by atoms with van der Waals surface area (Å²) in [5.41, 5.74) is 2.26. The summed E-state index contributed by atoms with van der Waals surface area (Å²) in [5.74, 6) is -0.149. The summed E-state index contributed by atoms with van der Waals surface area (Å²) < 4.78 is 12.9. The van der Waals surface area contributed by atoms with Crippen LogP contribution in [0.4, 0.5) is 4.39 Å². The number of aryl methyl sites for hydroxylation is 2. The third kappa shape index (κ3) is 3.67. The Morgan fingerprint density at radius 2 is 2.14 bits per heavy atom. The Balaban J connectivity index is 2.53. The molecule has 0 spiro atoms. The molecule has 0 saturated heterocycles. The highest BCUT2D eigenvalue weighted by Gasteiger charge is 2.02. The number of benzene rings is 1.